The molecule has 1 aliphatic heterocycles. The normalized spacial score (nSPS) is 16.4. The quantitative estimate of drug-likeness (QED) is 0.632. The number of hydrogen-bond acceptors (Lipinski definition) is 5. The minimum atomic E-state index is -1.39. The van der Waals surface area contributed by atoms with Crippen molar-refractivity contribution in [3.63, 3.8) is 0 Å². The predicted octanol–water partition coefficient (Wildman–Crippen LogP) is 3.13. The molecule has 2 aromatic rings. The van der Waals surface area contributed by atoms with Crippen LogP contribution in [0.2, 0.25) is 10.0 Å². The van der Waals surface area contributed by atoms with Crippen LogP contribution in [0.3, 0.4) is 0 Å². The zero-order valence-corrected chi connectivity index (χ0v) is 15.5. The lowest BCUT2D eigenvalue weighted by Crippen LogP contribution is -2.35. The van der Waals surface area contributed by atoms with Crippen LogP contribution in [0.4, 0.5) is 11.4 Å². The number of anilines is 2. The number of nitrogens with zero attached hydrogens (tertiary/aromatic N) is 1. The molecular formula is C18H12Cl2N2O6. The average molecular weight is 423 g/mol. The summed E-state index contributed by atoms with van der Waals surface area (Å²) in [5.74, 6) is -4.05. The number of carboxylic acids is 2. The second-order valence-corrected chi connectivity index (χ2v) is 6.73. The Bertz CT molecular complexity index is 991. The van der Waals surface area contributed by atoms with Gasteiger partial charge in [0.25, 0.3) is 5.91 Å². The van der Waals surface area contributed by atoms with Crippen molar-refractivity contribution in [1.82, 2.24) is 0 Å². The van der Waals surface area contributed by atoms with Gasteiger partial charge in [0.2, 0.25) is 5.91 Å². The van der Waals surface area contributed by atoms with E-state index in [9.17, 15) is 29.4 Å². The summed E-state index contributed by atoms with van der Waals surface area (Å²) in [6, 6.07) is 6.88. The van der Waals surface area contributed by atoms with E-state index in [0.29, 0.717) is 5.69 Å². The van der Waals surface area contributed by atoms with Crippen molar-refractivity contribution in [2.45, 2.75) is 12.5 Å². The van der Waals surface area contributed by atoms with Crippen LogP contribution in [-0.4, -0.2) is 40.0 Å². The first-order valence-electron chi connectivity index (χ1n) is 7.88. The van der Waals surface area contributed by atoms with Crippen molar-refractivity contribution < 1.29 is 29.4 Å². The van der Waals surface area contributed by atoms with Crippen LogP contribution in [0, 0.1) is 0 Å². The largest absolute Gasteiger partial charge is 0.478 e. The van der Waals surface area contributed by atoms with E-state index in [-0.39, 0.29) is 33.3 Å². The van der Waals surface area contributed by atoms with Crippen molar-refractivity contribution in [2.75, 3.05) is 10.2 Å². The monoisotopic (exact) mass is 422 g/mol. The summed E-state index contributed by atoms with van der Waals surface area (Å²) in [4.78, 5) is 48.4. The second-order valence-electron chi connectivity index (χ2n) is 5.95. The number of rotatable bonds is 5. The zero-order chi connectivity index (χ0) is 20.6. The van der Waals surface area contributed by atoms with Gasteiger partial charge in [0.1, 0.15) is 6.04 Å². The summed E-state index contributed by atoms with van der Waals surface area (Å²) < 4.78 is 0. The molecule has 8 nitrogen and oxygen atoms in total. The van der Waals surface area contributed by atoms with Gasteiger partial charge in [-0.15, -0.1) is 0 Å². The van der Waals surface area contributed by atoms with Crippen molar-refractivity contribution in [3.8, 4) is 0 Å². The molecule has 0 aliphatic carbocycles. The molecule has 0 radical (unpaired) electrons. The fourth-order valence-electron chi connectivity index (χ4n) is 2.81. The molecule has 2 aromatic carbocycles. The van der Waals surface area contributed by atoms with Gasteiger partial charge in [0.15, 0.2) is 0 Å². The summed E-state index contributed by atoms with van der Waals surface area (Å²) in [6.45, 7) is 0. The maximum atomic E-state index is 12.8. The van der Waals surface area contributed by atoms with E-state index in [2.05, 4.69) is 5.32 Å². The first kappa shape index (κ1) is 19.7. The Morgan fingerprint density at radius 3 is 2.21 bits per heavy atom. The summed E-state index contributed by atoms with van der Waals surface area (Å²) in [5.41, 5.74) is -0.490. The molecule has 1 heterocycles. The van der Waals surface area contributed by atoms with E-state index in [1.165, 1.54) is 0 Å². The number of benzene rings is 2. The Hall–Kier alpha value is -3.10. The van der Waals surface area contributed by atoms with E-state index >= 15 is 0 Å². The second kappa shape index (κ2) is 7.49. The Balaban J connectivity index is 1.95. The van der Waals surface area contributed by atoms with Crippen LogP contribution >= 0.6 is 23.2 Å². The van der Waals surface area contributed by atoms with Gasteiger partial charge in [-0.3, -0.25) is 9.59 Å². The fraction of sp³-hybridized carbons (Fsp3) is 0.111. The molecule has 3 N–H and O–H groups in total. The third-order valence-corrected chi connectivity index (χ3v) is 4.92. The van der Waals surface area contributed by atoms with E-state index < -0.39 is 29.8 Å². The van der Waals surface area contributed by atoms with Crippen molar-refractivity contribution in [2.24, 2.45) is 0 Å². The number of aromatic carboxylic acids is 2. The van der Waals surface area contributed by atoms with E-state index in [1.54, 1.807) is 18.2 Å². The van der Waals surface area contributed by atoms with Crippen LogP contribution < -0.4 is 10.2 Å². The molecule has 3 rings (SSSR count). The van der Waals surface area contributed by atoms with Crippen molar-refractivity contribution in [3.05, 3.63) is 57.6 Å². The molecule has 2 amide bonds. The number of carboxylic acid groups (broad SMARTS) is 2. The minimum absolute atomic E-state index is 0.131. The van der Waals surface area contributed by atoms with Crippen molar-refractivity contribution in [1.29, 1.82) is 0 Å². The number of amides is 2. The van der Waals surface area contributed by atoms with Gasteiger partial charge in [-0.1, -0.05) is 29.3 Å². The van der Waals surface area contributed by atoms with Crippen LogP contribution in [0.5, 0.6) is 0 Å². The number of nitrogens with one attached hydrogen (secondary N) is 1. The highest BCUT2D eigenvalue weighted by atomic mass is 35.5. The standard InChI is InChI=1S/C18H12Cl2N2O6/c19-11-2-1-3-12(15(11)20)21-13-7-14(23)22(16(13)24)10-5-8(17(25)26)4-9(6-10)18(27)28/h1-6,13,21H,7H2,(H,25,26)(H,27,28). The third-order valence-electron chi connectivity index (χ3n) is 4.10. The minimum Gasteiger partial charge on any atom is -0.478 e. The first-order chi connectivity index (χ1) is 13.2. The lowest BCUT2D eigenvalue weighted by Gasteiger charge is -2.18. The fourth-order valence-corrected chi connectivity index (χ4v) is 3.16. The molecule has 0 bridgehead atoms. The summed E-state index contributed by atoms with van der Waals surface area (Å²) in [7, 11) is 0. The van der Waals surface area contributed by atoms with Crippen LogP contribution in [0.25, 0.3) is 0 Å². The van der Waals surface area contributed by atoms with E-state index in [0.717, 1.165) is 23.1 Å². The van der Waals surface area contributed by atoms with Gasteiger partial charge in [0.05, 0.1) is 39.0 Å². The van der Waals surface area contributed by atoms with Gasteiger partial charge in [0, 0.05) is 0 Å². The van der Waals surface area contributed by atoms with Gasteiger partial charge >= 0.3 is 11.9 Å². The van der Waals surface area contributed by atoms with Crippen molar-refractivity contribution >= 4 is 58.3 Å². The Labute approximate surface area is 168 Å². The highest BCUT2D eigenvalue weighted by Gasteiger charge is 2.40. The Morgan fingerprint density at radius 1 is 1.04 bits per heavy atom. The molecule has 28 heavy (non-hydrogen) atoms. The molecular weight excluding hydrogens is 411 g/mol. The molecule has 0 aromatic heterocycles. The molecule has 10 heteroatoms. The lowest BCUT2D eigenvalue weighted by atomic mass is 10.1. The van der Waals surface area contributed by atoms with Crippen LogP contribution in [0.1, 0.15) is 27.1 Å². The summed E-state index contributed by atoms with van der Waals surface area (Å²) >= 11 is 12.0. The molecule has 1 atom stereocenters. The van der Waals surface area contributed by atoms with E-state index in [4.69, 9.17) is 23.2 Å². The highest BCUT2D eigenvalue weighted by molar-refractivity contribution is 6.43. The topological polar surface area (TPSA) is 124 Å². The van der Waals surface area contributed by atoms with Gasteiger partial charge < -0.3 is 15.5 Å². The Kier molecular flexibility index (Phi) is 5.26. The average Bonchev–Trinajstić information content (AvgIpc) is 2.92. The third kappa shape index (κ3) is 3.64. The number of carbonyl (C=O) groups excluding carboxylic acids is 2. The summed E-state index contributed by atoms with van der Waals surface area (Å²) in [6.07, 6.45) is -0.221. The SMILES string of the molecule is O=C(O)c1cc(C(=O)O)cc(N2C(=O)CC(Nc3cccc(Cl)c3Cl)C2=O)c1. The molecule has 144 valence electrons. The number of carbonyl (C=O) groups is 4. The number of hydrogen-bond donors (Lipinski definition) is 3. The molecule has 0 saturated carbocycles. The zero-order valence-electron chi connectivity index (χ0n) is 14.0. The lowest BCUT2D eigenvalue weighted by molar-refractivity contribution is -0.121. The Morgan fingerprint density at radius 2 is 1.64 bits per heavy atom. The molecule has 0 spiro atoms. The van der Waals surface area contributed by atoms with E-state index in [1.807, 2.05) is 0 Å². The molecule has 1 fully saturated rings. The summed E-state index contributed by atoms with van der Waals surface area (Å²) in [5, 5.41) is 21.6. The van der Waals surface area contributed by atoms with Gasteiger partial charge in [-0.05, 0) is 30.3 Å². The van der Waals surface area contributed by atoms with Gasteiger partial charge in [-0.25, -0.2) is 14.5 Å². The molecule has 1 aliphatic rings. The number of halogens is 2. The maximum absolute atomic E-state index is 12.8. The highest BCUT2D eigenvalue weighted by Crippen LogP contribution is 2.32. The first-order valence-corrected chi connectivity index (χ1v) is 8.63. The van der Waals surface area contributed by atoms with Crippen LogP contribution in [0.15, 0.2) is 36.4 Å². The van der Waals surface area contributed by atoms with Crippen LogP contribution in [-0.2, 0) is 9.59 Å². The number of imide groups is 1. The smallest absolute Gasteiger partial charge is 0.335 e. The predicted molar refractivity (Wildman–Crippen MR) is 101 cm³/mol. The molecule has 1 unspecified atom stereocenters. The maximum Gasteiger partial charge on any atom is 0.335 e. The molecule has 1 saturated heterocycles. The van der Waals surface area contributed by atoms with Gasteiger partial charge in [-0.2, -0.15) is 0 Å².